The van der Waals surface area contributed by atoms with Crippen molar-refractivity contribution in [2.24, 2.45) is 11.8 Å². The Morgan fingerprint density at radius 1 is 1.38 bits per heavy atom. The van der Waals surface area contributed by atoms with Gasteiger partial charge in [0.25, 0.3) is 0 Å². The van der Waals surface area contributed by atoms with Crippen LogP contribution in [0.15, 0.2) is 30.0 Å². The number of anilines is 1. The number of benzene rings is 1. The summed E-state index contributed by atoms with van der Waals surface area (Å²) in [7, 11) is 3.73. The van der Waals surface area contributed by atoms with Crippen LogP contribution in [0.5, 0.6) is 0 Å². The largest absolute Gasteiger partial charge is 0.383 e. The standard InChI is InChI=1S/C19H25ClN2O2/c1-6-12(2)13(3)19(24)22-11-14(10-21(4)5)18(23)16-9-15(20)7-8-17(16)22/h7-10,12-13H,6,11H2,1-5H3. The lowest BCUT2D eigenvalue weighted by molar-refractivity contribution is -0.123. The molecule has 0 radical (unpaired) electrons. The van der Waals surface area contributed by atoms with Crippen molar-refractivity contribution in [3.63, 3.8) is 0 Å². The summed E-state index contributed by atoms with van der Waals surface area (Å²) in [6, 6.07) is 5.14. The topological polar surface area (TPSA) is 40.6 Å². The Labute approximate surface area is 149 Å². The minimum atomic E-state index is -0.104. The monoisotopic (exact) mass is 348 g/mol. The van der Waals surface area contributed by atoms with Crippen LogP contribution in [-0.4, -0.2) is 37.2 Å². The average molecular weight is 349 g/mol. The van der Waals surface area contributed by atoms with E-state index in [1.165, 1.54) is 0 Å². The van der Waals surface area contributed by atoms with Gasteiger partial charge in [-0.1, -0.05) is 38.8 Å². The first-order chi connectivity index (χ1) is 11.3. The van der Waals surface area contributed by atoms with E-state index in [-0.39, 0.29) is 23.5 Å². The Morgan fingerprint density at radius 2 is 2.04 bits per heavy atom. The molecule has 0 fully saturated rings. The average Bonchev–Trinajstić information content (AvgIpc) is 2.55. The summed E-state index contributed by atoms with van der Waals surface area (Å²) in [5.41, 5.74) is 1.74. The van der Waals surface area contributed by atoms with Gasteiger partial charge in [-0.15, -0.1) is 0 Å². The Hall–Kier alpha value is -1.81. The summed E-state index contributed by atoms with van der Waals surface area (Å²) in [6.07, 6.45) is 2.72. The molecule has 1 aromatic carbocycles. The molecule has 1 aromatic rings. The highest BCUT2D eigenvalue weighted by atomic mass is 35.5. The van der Waals surface area contributed by atoms with Crippen molar-refractivity contribution in [3.05, 3.63) is 40.6 Å². The molecular formula is C19H25ClN2O2. The maximum absolute atomic E-state index is 13.0. The van der Waals surface area contributed by atoms with Crippen molar-refractivity contribution in [1.82, 2.24) is 4.90 Å². The van der Waals surface area contributed by atoms with Gasteiger partial charge in [-0.2, -0.15) is 0 Å². The molecule has 4 nitrogen and oxygen atoms in total. The fourth-order valence-electron chi connectivity index (χ4n) is 2.88. The fraction of sp³-hybridized carbons (Fsp3) is 0.474. The van der Waals surface area contributed by atoms with Crippen LogP contribution in [0.1, 0.15) is 37.6 Å². The maximum atomic E-state index is 13.0. The van der Waals surface area contributed by atoms with Gasteiger partial charge in [0.1, 0.15) is 0 Å². The van der Waals surface area contributed by atoms with E-state index in [1.54, 1.807) is 29.3 Å². The Morgan fingerprint density at radius 3 is 2.62 bits per heavy atom. The van der Waals surface area contributed by atoms with Gasteiger partial charge in [-0.05, 0) is 24.1 Å². The smallest absolute Gasteiger partial charge is 0.230 e. The highest BCUT2D eigenvalue weighted by molar-refractivity contribution is 6.31. The van der Waals surface area contributed by atoms with Crippen LogP contribution in [0, 0.1) is 11.8 Å². The van der Waals surface area contributed by atoms with E-state index in [9.17, 15) is 9.59 Å². The molecule has 0 saturated heterocycles. The lowest BCUT2D eigenvalue weighted by atomic mass is 9.90. The molecule has 1 aliphatic heterocycles. The van der Waals surface area contributed by atoms with Gasteiger partial charge < -0.3 is 9.80 Å². The zero-order chi connectivity index (χ0) is 18.0. The first-order valence-electron chi connectivity index (χ1n) is 8.29. The molecule has 0 aliphatic carbocycles. The van der Waals surface area contributed by atoms with Crippen LogP contribution in [0.4, 0.5) is 5.69 Å². The minimum absolute atomic E-state index is 0.0464. The Balaban J connectivity index is 2.50. The fourth-order valence-corrected chi connectivity index (χ4v) is 3.05. The molecule has 0 saturated carbocycles. The number of nitrogens with zero attached hydrogens (tertiary/aromatic N) is 2. The number of hydrogen-bond acceptors (Lipinski definition) is 3. The summed E-state index contributed by atoms with van der Waals surface area (Å²) >= 11 is 6.07. The molecule has 5 heteroatoms. The summed E-state index contributed by atoms with van der Waals surface area (Å²) in [6.45, 7) is 6.42. The molecular weight excluding hydrogens is 324 g/mol. The van der Waals surface area contributed by atoms with Crippen LogP contribution in [-0.2, 0) is 4.79 Å². The number of Topliss-reactive ketones (excluding diaryl/α,β-unsaturated/α-hetero) is 1. The van der Waals surface area contributed by atoms with Crippen LogP contribution >= 0.6 is 11.6 Å². The quantitative estimate of drug-likeness (QED) is 0.772. The van der Waals surface area contributed by atoms with Crippen LogP contribution in [0.3, 0.4) is 0 Å². The van der Waals surface area contributed by atoms with E-state index in [0.29, 0.717) is 28.4 Å². The van der Waals surface area contributed by atoms with Gasteiger partial charge in [0.05, 0.1) is 12.2 Å². The van der Waals surface area contributed by atoms with Crippen molar-refractivity contribution in [2.75, 3.05) is 25.5 Å². The van der Waals surface area contributed by atoms with E-state index < -0.39 is 0 Å². The van der Waals surface area contributed by atoms with Crippen molar-refractivity contribution in [3.8, 4) is 0 Å². The molecule has 0 aromatic heterocycles. The van der Waals surface area contributed by atoms with Gasteiger partial charge in [0.2, 0.25) is 5.91 Å². The normalized spacial score (nSPS) is 18.3. The molecule has 0 bridgehead atoms. The lowest BCUT2D eigenvalue weighted by Crippen LogP contribution is -2.43. The summed E-state index contributed by atoms with van der Waals surface area (Å²) in [5.74, 6) is 0.158. The number of halogens is 1. The number of rotatable bonds is 4. The van der Waals surface area contributed by atoms with Crippen molar-refractivity contribution < 1.29 is 9.59 Å². The minimum Gasteiger partial charge on any atom is -0.383 e. The van der Waals surface area contributed by atoms with Crippen LogP contribution in [0.25, 0.3) is 0 Å². The van der Waals surface area contributed by atoms with E-state index >= 15 is 0 Å². The number of amides is 1. The Bertz CT molecular complexity index is 682. The first kappa shape index (κ1) is 18.5. The molecule has 1 aliphatic rings. The van der Waals surface area contributed by atoms with Crippen molar-refractivity contribution in [1.29, 1.82) is 0 Å². The number of carbonyl (C=O) groups excluding carboxylic acids is 2. The van der Waals surface area contributed by atoms with E-state index in [0.717, 1.165) is 6.42 Å². The molecule has 130 valence electrons. The summed E-state index contributed by atoms with van der Waals surface area (Å²) in [5, 5.41) is 0.496. The van der Waals surface area contributed by atoms with E-state index in [4.69, 9.17) is 11.6 Å². The molecule has 2 rings (SSSR count). The predicted octanol–water partition coefficient (Wildman–Crippen LogP) is 4.00. The van der Waals surface area contributed by atoms with Crippen molar-refractivity contribution in [2.45, 2.75) is 27.2 Å². The predicted molar refractivity (Wildman–Crippen MR) is 98.5 cm³/mol. The molecule has 24 heavy (non-hydrogen) atoms. The number of carbonyl (C=O) groups is 2. The molecule has 1 heterocycles. The highest BCUT2D eigenvalue weighted by Crippen LogP contribution is 2.33. The second kappa shape index (κ2) is 7.39. The third-order valence-corrected chi connectivity index (χ3v) is 4.92. The van der Waals surface area contributed by atoms with Gasteiger partial charge >= 0.3 is 0 Å². The number of hydrogen-bond donors (Lipinski definition) is 0. The molecule has 0 spiro atoms. The van der Waals surface area contributed by atoms with Gasteiger partial charge in [0.15, 0.2) is 5.78 Å². The van der Waals surface area contributed by atoms with E-state index in [2.05, 4.69) is 13.8 Å². The summed E-state index contributed by atoms with van der Waals surface area (Å²) in [4.78, 5) is 29.3. The molecule has 1 amide bonds. The van der Waals surface area contributed by atoms with E-state index in [1.807, 2.05) is 25.9 Å². The second-order valence-corrected chi connectivity index (χ2v) is 7.14. The van der Waals surface area contributed by atoms with Crippen molar-refractivity contribution >= 4 is 29.0 Å². The molecule has 2 atom stereocenters. The number of fused-ring (bicyclic) bond motifs is 1. The lowest BCUT2D eigenvalue weighted by Gasteiger charge is -2.34. The van der Waals surface area contributed by atoms with Gasteiger partial charge in [0, 0.05) is 42.4 Å². The van der Waals surface area contributed by atoms with Gasteiger partial charge in [-0.25, -0.2) is 0 Å². The zero-order valence-corrected chi connectivity index (χ0v) is 15.7. The highest BCUT2D eigenvalue weighted by Gasteiger charge is 2.34. The van der Waals surface area contributed by atoms with Crippen LogP contribution < -0.4 is 4.90 Å². The SMILES string of the molecule is CCC(C)C(C)C(=O)N1CC(=CN(C)C)C(=O)c2cc(Cl)ccc21. The molecule has 0 N–H and O–H groups in total. The zero-order valence-electron chi connectivity index (χ0n) is 15.0. The Kier molecular flexibility index (Phi) is 5.70. The first-order valence-corrected chi connectivity index (χ1v) is 8.66. The second-order valence-electron chi connectivity index (χ2n) is 6.71. The third kappa shape index (κ3) is 3.64. The van der Waals surface area contributed by atoms with Gasteiger partial charge in [-0.3, -0.25) is 9.59 Å². The maximum Gasteiger partial charge on any atom is 0.230 e. The number of ketones is 1. The molecule has 2 unspecified atom stereocenters. The summed E-state index contributed by atoms with van der Waals surface area (Å²) < 4.78 is 0. The third-order valence-electron chi connectivity index (χ3n) is 4.68. The van der Waals surface area contributed by atoms with Crippen LogP contribution in [0.2, 0.25) is 5.02 Å².